The van der Waals surface area contributed by atoms with E-state index in [9.17, 15) is 9.59 Å². The summed E-state index contributed by atoms with van der Waals surface area (Å²) in [6.45, 7) is 4.94. The Morgan fingerprint density at radius 3 is 2.41 bits per heavy atom. The molecule has 0 aliphatic carbocycles. The van der Waals surface area contributed by atoms with E-state index in [2.05, 4.69) is 27.2 Å². The van der Waals surface area contributed by atoms with Gasteiger partial charge in [-0.15, -0.1) is 0 Å². The van der Waals surface area contributed by atoms with Gasteiger partial charge >= 0.3 is 0 Å². The topological polar surface area (TPSA) is 97.4 Å². The summed E-state index contributed by atoms with van der Waals surface area (Å²) in [7, 11) is 0. The van der Waals surface area contributed by atoms with Crippen LogP contribution in [0.1, 0.15) is 39.6 Å². The molecule has 0 spiro atoms. The summed E-state index contributed by atoms with van der Waals surface area (Å²) >= 11 is 0. The first-order chi connectivity index (χ1) is 21.4. The number of hydrogen-bond donors (Lipinski definition) is 0. The molecule has 6 rings (SSSR count). The summed E-state index contributed by atoms with van der Waals surface area (Å²) in [5.41, 5.74) is 5.71. The van der Waals surface area contributed by atoms with Gasteiger partial charge in [0.1, 0.15) is 30.2 Å². The maximum atomic E-state index is 14.5. The van der Waals surface area contributed by atoms with Gasteiger partial charge in [0.05, 0.1) is 5.69 Å². The predicted octanol–water partition coefficient (Wildman–Crippen LogP) is 5.11. The molecule has 3 heterocycles. The number of nitrogens with zero attached hydrogens (tertiary/aromatic N) is 6. The van der Waals surface area contributed by atoms with Crippen LogP contribution < -0.4 is 0 Å². The molecule has 9 nitrogen and oxygen atoms in total. The Bertz CT molecular complexity index is 1760. The number of fused-ring (bicyclic) bond motifs is 1. The van der Waals surface area contributed by atoms with Crippen LogP contribution in [0.4, 0.5) is 0 Å². The maximum absolute atomic E-state index is 14.5. The largest absolute Gasteiger partial charge is 0.446 e. The lowest BCUT2D eigenvalue weighted by Crippen LogP contribution is -2.52. The highest BCUT2D eigenvalue weighted by atomic mass is 16.4. The summed E-state index contributed by atoms with van der Waals surface area (Å²) in [6.07, 6.45) is 7.44. The zero-order valence-electron chi connectivity index (χ0n) is 24.8. The number of rotatable bonds is 9. The predicted molar refractivity (Wildman–Crippen MR) is 166 cm³/mol. The van der Waals surface area contributed by atoms with Crippen LogP contribution in [0.25, 0.3) is 11.8 Å². The van der Waals surface area contributed by atoms with E-state index in [0.29, 0.717) is 36.9 Å². The van der Waals surface area contributed by atoms with Gasteiger partial charge in [-0.3, -0.25) is 9.59 Å². The van der Waals surface area contributed by atoms with Gasteiger partial charge in [-0.2, -0.15) is 5.10 Å². The average Bonchev–Trinajstić information content (AvgIpc) is 3.71. The molecule has 222 valence electrons. The molecule has 1 aliphatic heterocycles. The highest BCUT2D eigenvalue weighted by Gasteiger charge is 2.34. The number of benzene rings is 3. The third-order valence-corrected chi connectivity index (χ3v) is 7.95. The minimum absolute atomic E-state index is 0.0715. The molecule has 1 aliphatic rings. The molecular weight excluding hydrogens is 552 g/mol. The molecule has 0 fully saturated rings. The molecule has 3 aromatic carbocycles. The van der Waals surface area contributed by atoms with Gasteiger partial charge in [-0.25, -0.2) is 14.6 Å². The lowest BCUT2D eigenvalue weighted by Gasteiger charge is -2.36. The lowest BCUT2D eigenvalue weighted by atomic mass is 9.97. The number of hydrogen-bond acceptors (Lipinski definition) is 6. The Kier molecular flexibility index (Phi) is 8.45. The summed E-state index contributed by atoms with van der Waals surface area (Å²) in [5.74, 6) is 0.807. The van der Waals surface area contributed by atoms with Crippen molar-refractivity contribution >= 4 is 17.9 Å². The molecule has 0 bridgehead atoms. The SMILES string of the molecule is Cc1nc(C=CC(=O)N(Cc2ccc(-n3cncn3)cc2)[C@@H](Cc2ccccc2)C(=O)N2CCc3ccccc3C2)c(C)o1. The van der Waals surface area contributed by atoms with Gasteiger partial charge < -0.3 is 14.2 Å². The molecule has 2 aromatic heterocycles. The van der Waals surface area contributed by atoms with Crippen molar-refractivity contribution in [1.29, 1.82) is 0 Å². The van der Waals surface area contributed by atoms with E-state index >= 15 is 0 Å². The van der Waals surface area contributed by atoms with Gasteiger partial charge in [0.15, 0.2) is 5.89 Å². The number of carbonyl (C=O) groups excluding carboxylic acids is 2. The fraction of sp³-hybridized carbons (Fsp3) is 0.229. The van der Waals surface area contributed by atoms with Crippen molar-refractivity contribution in [2.45, 2.75) is 45.8 Å². The Morgan fingerprint density at radius 1 is 0.955 bits per heavy atom. The van der Waals surface area contributed by atoms with Crippen LogP contribution in [0, 0.1) is 13.8 Å². The number of carbonyl (C=O) groups is 2. The van der Waals surface area contributed by atoms with Crippen molar-refractivity contribution in [3.05, 3.63) is 137 Å². The minimum Gasteiger partial charge on any atom is -0.446 e. The molecule has 0 unspecified atom stereocenters. The third kappa shape index (κ3) is 6.52. The quantitative estimate of drug-likeness (QED) is 0.223. The van der Waals surface area contributed by atoms with Crippen LogP contribution in [-0.4, -0.2) is 53.9 Å². The van der Waals surface area contributed by atoms with Crippen LogP contribution in [0.15, 0.2) is 102 Å². The molecule has 0 radical (unpaired) electrons. The fourth-order valence-corrected chi connectivity index (χ4v) is 5.64. The van der Waals surface area contributed by atoms with Crippen LogP contribution in [0.3, 0.4) is 0 Å². The molecule has 0 saturated heterocycles. The average molecular weight is 587 g/mol. The molecule has 44 heavy (non-hydrogen) atoms. The monoisotopic (exact) mass is 586 g/mol. The third-order valence-electron chi connectivity index (χ3n) is 7.95. The molecule has 0 saturated carbocycles. The first-order valence-electron chi connectivity index (χ1n) is 14.7. The second-order valence-corrected chi connectivity index (χ2v) is 11.0. The van der Waals surface area contributed by atoms with E-state index in [0.717, 1.165) is 28.8 Å². The molecule has 1 atom stereocenters. The van der Waals surface area contributed by atoms with Gasteiger partial charge in [-0.05, 0) is 53.8 Å². The van der Waals surface area contributed by atoms with Crippen molar-refractivity contribution in [1.82, 2.24) is 29.5 Å². The number of oxazole rings is 1. The molecule has 5 aromatic rings. The van der Waals surface area contributed by atoms with Crippen LogP contribution in [0.5, 0.6) is 0 Å². The van der Waals surface area contributed by atoms with Crippen molar-refractivity contribution < 1.29 is 14.0 Å². The highest BCUT2D eigenvalue weighted by Crippen LogP contribution is 2.23. The van der Waals surface area contributed by atoms with E-state index in [1.807, 2.05) is 78.6 Å². The summed E-state index contributed by atoms with van der Waals surface area (Å²) in [5, 5.41) is 4.20. The fourth-order valence-electron chi connectivity index (χ4n) is 5.64. The Hall–Kier alpha value is -5.31. The summed E-state index contributed by atoms with van der Waals surface area (Å²) < 4.78 is 7.23. The Morgan fingerprint density at radius 2 is 1.70 bits per heavy atom. The summed E-state index contributed by atoms with van der Waals surface area (Å²) in [4.78, 5) is 40.5. The van der Waals surface area contributed by atoms with Gasteiger partial charge in [0.25, 0.3) is 0 Å². The maximum Gasteiger partial charge on any atom is 0.247 e. The lowest BCUT2D eigenvalue weighted by molar-refractivity contribution is -0.144. The standard InChI is InChI=1S/C35H34N6O3/c1-25-32(38-26(2)44-25)16-17-34(42)40(21-28-12-14-31(15-13-28)41-24-36-23-37-41)33(20-27-8-4-3-5-9-27)35(43)39-19-18-29-10-6-7-11-30(29)22-39/h3-17,23-24,33H,18-22H2,1-2H3/t33-/m0/s1. The zero-order valence-corrected chi connectivity index (χ0v) is 24.8. The van der Waals surface area contributed by atoms with Gasteiger partial charge in [-0.1, -0.05) is 66.7 Å². The number of aryl methyl sites for hydroxylation is 2. The number of aromatic nitrogens is 4. The Labute approximate surface area is 256 Å². The second-order valence-electron chi connectivity index (χ2n) is 11.0. The van der Waals surface area contributed by atoms with E-state index in [1.54, 1.807) is 28.9 Å². The van der Waals surface area contributed by atoms with Crippen LogP contribution in [0.2, 0.25) is 0 Å². The van der Waals surface area contributed by atoms with Crippen LogP contribution >= 0.6 is 0 Å². The molecule has 2 amide bonds. The Balaban J connectivity index is 1.35. The summed E-state index contributed by atoms with van der Waals surface area (Å²) in [6, 6.07) is 25.1. The van der Waals surface area contributed by atoms with E-state index in [-0.39, 0.29) is 18.4 Å². The van der Waals surface area contributed by atoms with E-state index in [4.69, 9.17) is 4.42 Å². The smallest absolute Gasteiger partial charge is 0.247 e. The van der Waals surface area contributed by atoms with Crippen LogP contribution in [-0.2, 0) is 35.5 Å². The first kappa shape index (κ1) is 28.8. The van der Waals surface area contributed by atoms with Crippen molar-refractivity contribution in [2.24, 2.45) is 0 Å². The normalized spacial score (nSPS) is 13.5. The van der Waals surface area contributed by atoms with Crippen molar-refractivity contribution in [2.75, 3.05) is 6.54 Å². The second kappa shape index (κ2) is 12.9. The van der Waals surface area contributed by atoms with Crippen molar-refractivity contribution in [3.63, 3.8) is 0 Å². The minimum atomic E-state index is -0.727. The first-order valence-corrected chi connectivity index (χ1v) is 14.7. The number of amides is 2. The van der Waals surface area contributed by atoms with E-state index in [1.165, 1.54) is 18.0 Å². The highest BCUT2D eigenvalue weighted by molar-refractivity contribution is 5.95. The van der Waals surface area contributed by atoms with E-state index < -0.39 is 6.04 Å². The molecular formula is C35H34N6O3. The van der Waals surface area contributed by atoms with Crippen molar-refractivity contribution in [3.8, 4) is 5.69 Å². The van der Waals surface area contributed by atoms with Gasteiger partial charge in [0, 0.05) is 39.1 Å². The van der Waals surface area contributed by atoms with Gasteiger partial charge in [0.2, 0.25) is 11.8 Å². The zero-order chi connectivity index (χ0) is 30.5. The molecule has 9 heteroatoms. The molecule has 0 N–H and O–H groups in total.